The van der Waals surface area contributed by atoms with E-state index in [1.54, 1.807) is 24.0 Å². The lowest BCUT2D eigenvalue weighted by Gasteiger charge is -2.06. The monoisotopic (exact) mass is 244 g/mol. The molecular formula is C13H16N4O. The Labute approximate surface area is 106 Å². The van der Waals surface area contributed by atoms with Gasteiger partial charge in [-0.25, -0.2) is 4.68 Å². The second kappa shape index (κ2) is 5.01. The van der Waals surface area contributed by atoms with Crippen molar-refractivity contribution in [3.05, 3.63) is 47.3 Å². The average molecular weight is 244 g/mol. The summed E-state index contributed by atoms with van der Waals surface area (Å²) in [6.45, 7) is 2.53. The predicted molar refractivity (Wildman–Crippen MR) is 69.6 cm³/mol. The number of carbonyl (C=O) groups is 1. The number of aryl methyl sites for hydroxylation is 1. The Balaban J connectivity index is 2.34. The number of hydrogen-bond donors (Lipinski definition) is 2. The minimum atomic E-state index is -0.191. The summed E-state index contributed by atoms with van der Waals surface area (Å²) in [6, 6.07) is 7.61. The smallest absolute Gasteiger partial charge is 0.271 e. The fourth-order valence-corrected chi connectivity index (χ4v) is 1.77. The number of nitrogens with zero attached hydrogens (tertiary/aromatic N) is 2. The van der Waals surface area contributed by atoms with Gasteiger partial charge >= 0.3 is 0 Å². The number of rotatable bonds is 3. The van der Waals surface area contributed by atoms with Gasteiger partial charge in [0, 0.05) is 19.8 Å². The van der Waals surface area contributed by atoms with E-state index in [0.717, 1.165) is 16.8 Å². The van der Waals surface area contributed by atoms with Crippen LogP contribution in [0.2, 0.25) is 0 Å². The van der Waals surface area contributed by atoms with Crippen molar-refractivity contribution >= 4 is 5.91 Å². The number of aromatic nitrogens is 2. The van der Waals surface area contributed by atoms with Gasteiger partial charge in [-0.3, -0.25) is 4.79 Å². The molecule has 94 valence electrons. The molecule has 2 rings (SSSR count). The molecule has 0 aliphatic heterocycles. The highest BCUT2D eigenvalue weighted by Crippen LogP contribution is 2.14. The molecule has 0 saturated carbocycles. The maximum atomic E-state index is 11.4. The van der Waals surface area contributed by atoms with Crippen molar-refractivity contribution in [3.8, 4) is 5.69 Å². The number of carbonyl (C=O) groups excluding carboxylic acids is 1. The highest BCUT2D eigenvalue weighted by atomic mass is 16.1. The summed E-state index contributed by atoms with van der Waals surface area (Å²) in [5.74, 6) is -0.191. The first-order chi connectivity index (χ1) is 8.65. The molecule has 18 heavy (non-hydrogen) atoms. The third-order valence-corrected chi connectivity index (χ3v) is 2.86. The van der Waals surface area contributed by atoms with E-state index in [9.17, 15) is 4.79 Å². The van der Waals surface area contributed by atoms with Crippen LogP contribution in [0.4, 0.5) is 0 Å². The number of amides is 1. The lowest BCUT2D eigenvalue weighted by molar-refractivity contribution is 0.0958. The number of nitrogens with one attached hydrogen (secondary N) is 1. The van der Waals surface area contributed by atoms with Gasteiger partial charge in [-0.2, -0.15) is 5.10 Å². The van der Waals surface area contributed by atoms with Crippen LogP contribution in [0.15, 0.2) is 30.5 Å². The van der Waals surface area contributed by atoms with E-state index in [0.29, 0.717) is 12.2 Å². The van der Waals surface area contributed by atoms with Crippen molar-refractivity contribution in [2.45, 2.75) is 13.5 Å². The Hall–Kier alpha value is -2.14. The first-order valence-electron chi connectivity index (χ1n) is 5.73. The minimum absolute atomic E-state index is 0.191. The van der Waals surface area contributed by atoms with E-state index < -0.39 is 0 Å². The molecule has 0 fully saturated rings. The average Bonchev–Trinajstić information content (AvgIpc) is 2.87. The zero-order chi connectivity index (χ0) is 13.1. The summed E-state index contributed by atoms with van der Waals surface area (Å²) < 4.78 is 1.68. The van der Waals surface area contributed by atoms with Crippen molar-refractivity contribution in [3.63, 3.8) is 0 Å². The lowest BCUT2D eigenvalue weighted by Crippen LogP contribution is -2.18. The highest BCUT2D eigenvalue weighted by molar-refractivity contribution is 5.91. The van der Waals surface area contributed by atoms with Gasteiger partial charge in [0.2, 0.25) is 0 Å². The summed E-state index contributed by atoms with van der Waals surface area (Å²) in [6.07, 6.45) is 1.77. The Morgan fingerprint density at radius 2 is 2.22 bits per heavy atom. The molecule has 1 heterocycles. The lowest BCUT2D eigenvalue weighted by atomic mass is 10.1. The minimum Gasteiger partial charge on any atom is -0.354 e. The highest BCUT2D eigenvalue weighted by Gasteiger charge is 2.08. The molecule has 1 aromatic carbocycles. The molecular weight excluding hydrogens is 228 g/mol. The molecule has 5 nitrogen and oxygen atoms in total. The molecule has 0 radical (unpaired) electrons. The van der Waals surface area contributed by atoms with E-state index in [4.69, 9.17) is 5.73 Å². The van der Waals surface area contributed by atoms with Crippen LogP contribution in [0.25, 0.3) is 5.69 Å². The topological polar surface area (TPSA) is 72.9 Å². The van der Waals surface area contributed by atoms with Gasteiger partial charge in [0.1, 0.15) is 0 Å². The molecule has 2 aromatic rings. The van der Waals surface area contributed by atoms with E-state index in [2.05, 4.69) is 10.4 Å². The number of benzene rings is 1. The molecule has 3 N–H and O–H groups in total. The van der Waals surface area contributed by atoms with Crippen molar-refractivity contribution in [2.75, 3.05) is 7.05 Å². The number of nitrogens with two attached hydrogens (primary N) is 1. The van der Waals surface area contributed by atoms with Crippen molar-refractivity contribution in [1.82, 2.24) is 15.1 Å². The van der Waals surface area contributed by atoms with E-state index in [-0.39, 0.29) is 5.91 Å². The summed E-state index contributed by atoms with van der Waals surface area (Å²) in [5, 5.41) is 6.77. The van der Waals surface area contributed by atoms with E-state index in [1.165, 1.54) is 0 Å². The van der Waals surface area contributed by atoms with Gasteiger partial charge in [-0.1, -0.05) is 6.07 Å². The van der Waals surface area contributed by atoms with Crippen molar-refractivity contribution < 1.29 is 4.79 Å². The van der Waals surface area contributed by atoms with Crippen LogP contribution in [0.5, 0.6) is 0 Å². The third-order valence-electron chi connectivity index (χ3n) is 2.86. The molecule has 0 bridgehead atoms. The van der Waals surface area contributed by atoms with E-state index in [1.807, 2.05) is 25.1 Å². The molecule has 1 amide bonds. The Bertz CT molecular complexity index is 574. The third kappa shape index (κ3) is 2.26. The van der Waals surface area contributed by atoms with Crippen LogP contribution in [-0.2, 0) is 6.54 Å². The predicted octanol–water partition coefficient (Wildman–Crippen LogP) is 0.999. The SMILES string of the molecule is CNC(=O)c1ccn(-c2ccc(CN)c(C)c2)n1. The zero-order valence-corrected chi connectivity index (χ0v) is 10.5. The molecule has 0 aliphatic carbocycles. The molecule has 0 spiro atoms. The summed E-state index contributed by atoms with van der Waals surface area (Å²) in [5.41, 5.74) is 9.17. The first-order valence-corrected chi connectivity index (χ1v) is 5.73. The van der Waals surface area contributed by atoms with Gasteiger partial charge in [0.15, 0.2) is 5.69 Å². The summed E-state index contributed by atoms with van der Waals surface area (Å²) in [4.78, 5) is 11.4. The van der Waals surface area contributed by atoms with Gasteiger partial charge in [-0.05, 0) is 36.2 Å². The van der Waals surface area contributed by atoms with Crippen LogP contribution >= 0.6 is 0 Å². The second-order valence-electron chi connectivity index (χ2n) is 4.04. The quantitative estimate of drug-likeness (QED) is 0.846. The second-order valence-corrected chi connectivity index (χ2v) is 4.04. The molecule has 1 aromatic heterocycles. The van der Waals surface area contributed by atoms with Crippen LogP contribution in [0.1, 0.15) is 21.6 Å². The van der Waals surface area contributed by atoms with Gasteiger partial charge in [0.25, 0.3) is 5.91 Å². The normalized spacial score (nSPS) is 10.4. The molecule has 0 aliphatic rings. The molecule has 0 atom stereocenters. The largest absolute Gasteiger partial charge is 0.354 e. The van der Waals surface area contributed by atoms with Crippen molar-refractivity contribution in [2.24, 2.45) is 5.73 Å². The fourth-order valence-electron chi connectivity index (χ4n) is 1.77. The number of hydrogen-bond acceptors (Lipinski definition) is 3. The Morgan fingerprint density at radius 1 is 1.44 bits per heavy atom. The van der Waals surface area contributed by atoms with Crippen LogP contribution in [0.3, 0.4) is 0 Å². The summed E-state index contributed by atoms with van der Waals surface area (Å²) in [7, 11) is 1.58. The van der Waals surface area contributed by atoms with Crippen LogP contribution < -0.4 is 11.1 Å². The summed E-state index contributed by atoms with van der Waals surface area (Å²) >= 11 is 0. The molecule has 5 heteroatoms. The van der Waals surface area contributed by atoms with E-state index >= 15 is 0 Å². The first kappa shape index (κ1) is 12.3. The maximum absolute atomic E-state index is 11.4. The molecule has 0 unspecified atom stereocenters. The van der Waals surface area contributed by atoms with Gasteiger partial charge < -0.3 is 11.1 Å². The van der Waals surface area contributed by atoms with Gasteiger partial charge in [-0.15, -0.1) is 0 Å². The van der Waals surface area contributed by atoms with Crippen LogP contribution in [-0.4, -0.2) is 22.7 Å². The standard InChI is InChI=1S/C13H16N4O/c1-9-7-11(4-3-10(9)8-14)17-6-5-12(16-17)13(18)15-2/h3-7H,8,14H2,1-2H3,(H,15,18). The molecule has 0 saturated heterocycles. The Kier molecular flexibility index (Phi) is 3.43. The fraction of sp³-hybridized carbons (Fsp3) is 0.231. The van der Waals surface area contributed by atoms with Gasteiger partial charge in [0.05, 0.1) is 5.69 Å². The zero-order valence-electron chi connectivity index (χ0n) is 10.5. The van der Waals surface area contributed by atoms with Crippen molar-refractivity contribution in [1.29, 1.82) is 0 Å². The van der Waals surface area contributed by atoms with Crippen LogP contribution in [0, 0.1) is 6.92 Å². The Morgan fingerprint density at radius 3 is 2.83 bits per heavy atom. The maximum Gasteiger partial charge on any atom is 0.271 e.